The summed E-state index contributed by atoms with van der Waals surface area (Å²) in [6, 6.07) is 18.7. The molecule has 0 spiro atoms. The fourth-order valence-corrected chi connectivity index (χ4v) is 9.06. The van der Waals surface area contributed by atoms with Crippen LogP contribution in [-0.2, 0) is 12.8 Å². The number of hydrogen-bond acceptors (Lipinski definition) is 14. The summed E-state index contributed by atoms with van der Waals surface area (Å²) in [6.45, 7) is 3.42. The second kappa shape index (κ2) is 18.2. The average Bonchev–Trinajstić information content (AvgIpc) is 4.07. The minimum absolute atomic E-state index is 0.300. The number of urea groups is 2. The minimum atomic E-state index is -0.322. The number of aromatic amines is 1. The zero-order chi connectivity index (χ0) is 39.7. The van der Waals surface area contributed by atoms with E-state index < -0.39 is 0 Å². The Morgan fingerprint density at radius 2 is 1.26 bits per heavy atom. The van der Waals surface area contributed by atoms with E-state index in [0.717, 1.165) is 89.1 Å². The van der Waals surface area contributed by atoms with Gasteiger partial charge in [-0.15, -0.1) is 45.3 Å². The predicted molar refractivity (Wildman–Crippen MR) is 238 cm³/mol. The Kier molecular flexibility index (Phi) is 12.0. The molecule has 4 amide bonds. The van der Waals surface area contributed by atoms with Crippen LogP contribution in [0.4, 0.5) is 42.9 Å². The van der Waals surface area contributed by atoms with Crippen molar-refractivity contribution in [3.05, 3.63) is 118 Å². The first kappa shape index (κ1) is 38.3. The number of carbonyl (C=O) groups is 2. The number of benzene rings is 2. The van der Waals surface area contributed by atoms with E-state index in [-0.39, 0.29) is 12.1 Å². The first-order chi connectivity index (χ1) is 28.4. The molecule has 0 aliphatic rings. The van der Waals surface area contributed by atoms with E-state index in [9.17, 15) is 9.59 Å². The number of hydrogen-bond donors (Lipinski definition) is 7. The number of aryl methyl sites for hydroxylation is 1. The van der Waals surface area contributed by atoms with Crippen LogP contribution in [0.5, 0.6) is 0 Å². The molecular weight excluding hydrogens is 811 g/mol. The van der Waals surface area contributed by atoms with Crippen molar-refractivity contribution in [1.82, 2.24) is 34.9 Å². The van der Waals surface area contributed by atoms with Crippen molar-refractivity contribution in [3.63, 3.8) is 0 Å². The van der Waals surface area contributed by atoms with Gasteiger partial charge in [-0.05, 0) is 59.6 Å². The van der Waals surface area contributed by atoms with Crippen molar-refractivity contribution < 1.29 is 9.59 Å². The monoisotopic (exact) mass is 845 g/mol. The van der Waals surface area contributed by atoms with Crippen LogP contribution in [0.1, 0.15) is 15.3 Å². The van der Waals surface area contributed by atoms with Gasteiger partial charge in [0.25, 0.3) is 0 Å². The van der Waals surface area contributed by atoms with E-state index in [1.807, 2.05) is 84.5 Å². The number of nitrogens with one attached hydrogen (secondary N) is 7. The van der Waals surface area contributed by atoms with E-state index in [4.69, 9.17) is 0 Å². The lowest BCUT2D eigenvalue weighted by Gasteiger charge is -2.06. The van der Waals surface area contributed by atoms with Crippen LogP contribution in [0.25, 0.3) is 31.3 Å². The van der Waals surface area contributed by atoms with Crippen LogP contribution in [0.15, 0.2) is 103 Å². The maximum atomic E-state index is 12.4. The summed E-state index contributed by atoms with van der Waals surface area (Å²) < 4.78 is 2.11. The Hall–Kier alpha value is -6.54. The quantitative estimate of drug-likeness (QED) is 0.0621. The van der Waals surface area contributed by atoms with Gasteiger partial charge < -0.3 is 26.3 Å². The molecular formula is C39H35N13O2S4. The highest BCUT2D eigenvalue weighted by Crippen LogP contribution is 2.27. The van der Waals surface area contributed by atoms with Gasteiger partial charge in [0.1, 0.15) is 24.3 Å². The van der Waals surface area contributed by atoms with Crippen molar-refractivity contribution in [3.8, 4) is 0 Å². The van der Waals surface area contributed by atoms with Gasteiger partial charge in [0.2, 0.25) is 0 Å². The molecule has 58 heavy (non-hydrogen) atoms. The number of thiophene rings is 2. The lowest BCUT2D eigenvalue weighted by atomic mass is 10.2. The Labute approximate surface area is 347 Å². The summed E-state index contributed by atoms with van der Waals surface area (Å²) in [5.41, 5.74) is 5.35. The standard InChI is InChI=1S/C20H17N7OS2.C19H18N6OS2/c28-19(26-14-3-1-2-12-4-7-21-16(12)14)27-20-23-10-13(30-20)5-8-22-18-17-15(6-9-29-17)24-11-25-18;1-12-3-2-4-13(9-12)24-18(26)25-19-21-10-14(28-19)5-7-20-17-16-15(6-8-27-16)22-11-23-17/h1-4,6-7,9-11,21H,5,8H2,(H,22,24,25)(H2,23,26,27,28);2-4,6,8-11H,5,7H2,1H3,(H,20,22,23)(H2,21,24,25,26). The summed E-state index contributed by atoms with van der Waals surface area (Å²) in [7, 11) is 0. The number of fused-ring (bicyclic) bond motifs is 3. The Balaban J connectivity index is 0.000000162. The summed E-state index contributed by atoms with van der Waals surface area (Å²) in [5.74, 6) is 1.69. The second-order valence-corrected chi connectivity index (χ2v) is 16.7. The lowest BCUT2D eigenvalue weighted by Crippen LogP contribution is -2.19. The molecule has 19 heteroatoms. The molecule has 0 saturated carbocycles. The van der Waals surface area contributed by atoms with Crippen LogP contribution in [0.3, 0.4) is 0 Å². The third-order valence-electron chi connectivity index (χ3n) is 8.47. The largest absolute Gasteiger partial charge is 0.368 e. The molecule has 9 rings (SSSR count). The smallest absolute Gasteiger partial charge is 0.325 e. The van der Waals surface area contributed by atoms with Crippen molar-refractivity contribution in [2.75, 3.05) is 45.0 Å². The summed E-state index contributed by atoms with van der Waals surface area (Å²) in [5, 5.41) is 24.1. The average molecular weight is 846 g/mol. The highest BCUT2D eigenvalue weighted by atomic mass is 32.1. The number of amides is 4. The normalized spacial score (nSPS) is 10.9. The molecule has 0 fully saturated rings. The molecule has 0 aliphatic heterocycles. The van der Waals surface area contributed by atoms with Crippen molar-refractivity contribution in [2.45, 2.75) is 19.8 Å². The van der Waals surface area contributed by atoms with Gasteiger partial charge >= 0.3 is 12.1 Å². The third-order valence-corrected chi connectivity index (χ3v) is 12.2. The number of anilines is 6. The Bertz CT molecular complexity index is 2810. The van der Waals surface area contributed by atoms with E-state index in [2.05, 4.69) is 66.8 Å². The van der Waals surface area contributed by atoms with Crippen LogP contribution >= 0.6 is 45.3 Å². The fourth-order valence-electron chi connectivity index (χ4n) is 5.82. The SMILES string of the molecule is Cc1cccc(NC(=O)Nc2ncc(CCNc3ncnc4ccsc34)s2)c1.O=C(Nc1ncc(CCNc2ncnc3ccsc23)s1)Nc1cccc2cc[nH]c12. The molecule has 0 bridgehead atoms. The van der Waals surface area contributed by atoms with Crippen LogP contribution in [0, 0.1) is 6.92 Å². The predicted octanol–water partition coefficient (Wildman–Crippen LogP) is 9.68. The zero-order valence-corrected chi connectivity index (χ0v) is 34.0. The fraction of sp³-hybridized carbons (Fsp3) is 0.128. The van der Waals surface area contributed by atoms with Gasteiger partial charge in [-0.3, -0.25) is 10.6 Å². The molecule has 9 aromatic rings. The molecule has 0 unspecified atom stereocenters. The van der Waals surface area contributed by atoms with Crippen LogP contribution in [-0.4, -0.2) is 60.0 Å². The third kappa shape index (κ3) is 9.69. The molecule has 7 aromatic heterocycles. The molecule has 0 saturated heterocycles. The molecule has 2 aromatic carbocycles. The molecule has 0 atom stereocenters. The maximum Gasteiger partial charge on any atom is 0.325 e. The molecule has 0 radical (unpaired) electrons. The van der Waals surface area contributed by atoms with Crippen LogP contribution in [0.2, 0.25) is 0 Å². The number of nitrogens with zero attached hydrogens (tertiary/aromatic N) is 6. The molecule has 0 aliphatic carbocycles. The van der Waals surface area contributed by atoms with Crippen molar-refractivity contribution in [2.24, 2.45) is 0 Å². The molecule has 7 N–H and O–H groups in total. The summed E-state index contributed by atoms with van der Waals surface area (Å²) >= 11 is 6.16. The van der Waals surface area contributed by atoms with E-state index in [0.29, 0.717) is 16.8 Å². The van der Waals surface area contributed by atoms with Gasteiger partial charge in [-0.1, -0.05) is 24.3 Å². The highest BCUT2D eigenvalue weighted by molar-refractivity contribution is 7.18. The Morgan fingerprint density at radius 3 is 1.88 bits per heavy atom. The number of carbonyl (C=O) groups excluding carboxylic acids is 2. The van der Waals surface area contributed by atoms with Crippen molar-refractivity contribution >= 4 is 122 Å². The zero-order valence-electron chi connectivity index (χ0n) is 30.8. The highest BCUT2D eigenvalue weighted by Gasteiger charge is 2.12. The molecule has 292 valence electrons. The van der Waals surface area contributed by atoms with Crippen molar-refractivity contribution in [1.29, 1.82) is 0 Å². The molecule has 15 nitrogen and oxygen atoms in total. The topological polar surface area (TPSA) is 199 Å². The van der Waals surface area contributed by atoms with Gasteiger partial charge in [-0.2, -0.15) is 0 Å². The summed E-state index contributed by atoms with van der Waals surface area (Å²) in [6.07, 6.45) is 10.1. The second-order valence-electron chi connectivity index (χ2n) is 12.6. The number of H-pyrrole nitrogens is 1. The van der Waals surface area contributed by atoms with Gasteiger partial charge in [0, 0.05) is 65.3 Å². The lowest BCUT2D eigenvalue weighted by molar-refractivity contribution is 0.261. The first-order valence-electron chi connectivity index (χ1n) is 18.0. The molecule has 7 heterocycles. The van der Waals surface area contributed by atoms with Gasteiger partial charge in [-0.25, -0.2) is 39.5 Å². The number of aromatic nitrogens is 7. The first-order valence-corrected chi connectivity index (χ1v) is 21.3. The number of para-hydroxylation sites is 1. The maximum absolute atomic E-state index is 12.4. The number of thiazole rings is 2. The van der Waals surface area contributed by atoms with Gasteiger partial charge in [0.05, 0.1) is 31.6 Å². The summed E-state index contributed by atoms with van der Waals surface area (Å²) in [4.78, 5) is 55.5. The van der Waals surface area contributed by atoms with Crippen LogP contribution < -0.4 is 31.9 Å². The van der Waals surface area contributed by atoms with E-state index in [1.165, 1.54) is 22.7 Å². The van der Waals surface area contributed by atoms with E-state index >= 15 is 0 Å². The Morgan fingerprint density at radius 1 is 0.655 bits per heavy atom. The van der Waals surface area contributed by atoms with Gasteiger partial charge in [0.15, 0.2) is 10.3 Å². The number of rotatable bonds is 12. The minimum Gasteiger partial charge on any atom is -0.368 e. The van der Waals surface area contributed by atoms with E-state index in [1.54, 1.807) is 47.7 Å².